The number of nitrogens with two attached hydrogens (primary N) is 1. The van der Waals surface area contributed by atoms with E-state index in [0.717, 1.165) is 0 Å². The predicted octanol–water partition coefficient (Wildman–Crippen LogP) is 0.996. The number of amides is 1. The molecule has 0 aromatic carbocycles. The van der Waals surface area contributed by atoms with E-state index in [-0.39, 0.29) is 24.2 Å². The summed E-state index contributed by atoms with van der Waals surface area (Å²) in [7, 11) is 0. The van der Waals surface area contributed by atoms with Crippen LogP contribution >= 0.6 is 0 Å². The Kier molecular flexibility index (Phi) is 4.74. The minimum Gasteiger partial charge on any atom is -0.372 e. The molecule has 0 aromatic rings. The number of rotatable bonds is 3. The molecular weight excluding hydrogens is 204 g/mol. The maximum atomic E-state index is 12.0. The molecule has 0 spiro atoms. The van der Waals surface area contributed by atoms with Crippen LogP contribution in [0.25, 0.3) is 0 Å². The molecule has 0 radical (unpaired) electrons. The van der Waals surface area contributed by atoms with Crippen LogP contribution < -0.4 is 5.73 Å². The molecule has 0 bridgehead atoms. The van der Waals surface area contributed by atoms with Crippen LogP contribution in [0.4, 0.5) is 0 Å². The van der Waals surface area contributed by atoms with Gasteiger partial charge in [0.25, 0.3) is 0 Å². The monoisotopic (exact) mass is 228 g/mol. The Balaban J connectivity index is 2.47. The van der Waals surface area contributed by atoms with Gasteiger partial charge in [-0.2, -0.15) is 0 Å². The zero-order valence-corrected chi connectivity index (χ0v) is 10.8. The highest BCUT2D eigenvalue weighted by Crippen LogP contribution is 2.13. The quantitative estimate of drug-likeness (QED) is 0.784. The van der Waals surface area contributed by atoms with E-state index in [1.165, 1.54) is 0 Å². The summed E-state index contributed by atoms with van der Waals surface area (Å²) < 4.78 is 5.59. The van der Waals surface area contributed by atoms with Crippen molar-refractivity contribution < 1.29 is 9.53 Å². The highest BCUT2D eigenvalue weighted by atomic mass is 16.5. The number of nitrogens with zero attached hydrogens (tertiary/aromatic N) is 1. The van der Waals surface area contributed by atoms with Gasteiger partial charge in [-0.1, -0.05) is 13.8 Å². The Labute approximate surface area is 98.1 Å². The van der Waals surface area contributed by atoms with E-state index >= 15 is 0 Å². The molecule has 4 heteroatoms. The third-order valence-corrected chi connectivity index (χ3v) is 3.04. The third kappa shape index (κ3) is 3.76. The van der Waals surface area contributed by atoms with Gasteiger partial charge in [-0.15, -0.1) is 0 Å². The first-order valence-corrected chi connectivity index (χ1v) is 6.09. The average Bonchev–Trinajstić information content (AvgIpc) is 2.15. The van der Waals surface area contributed by atoms with Gasteiger partial charge in [-0.3, -0.25) is 4.79 Å². The summed E-state index contributed by atoms with van der Waals surface area (Å²) in [6, 6.07) is -0.0408. The summed E-state index contributed by atoms with van der Waals surface area (Å²) >= 11 is 0. The maximum Gasteiger partial charge on any atom is 0.224 e. The van der Waals surface area contributed by atoms with Gasteiger partial charge >= 0.3 is 0 Å². The first-order valence-electron chi connectivity index (χ1n) is 6.09. The SMILES string of the molecule is CC(C)C(N)CC(=O)N1C[C@@H](C)O[C@@H](C)C1. The van der Waals surface area contributed by atoms with E-state index in [2.05, 4.69) is 0 Å². The second kappa shape index (κ2) is 5.64. The van der Waals surface area contributed by atoms with Crippen LogP contribution in [0.2, 0.25) is 0 Å². The first kappa shape index (κ1) is 13.5. The summed E-state index contributed by atoms with van der Waals surface area (Å²) in [5, 5.41) is 0. The van der Waals surface area contributed by atoms with Gasteiger partial charge in [0.2, 0.25) is 5.91 Å². The molecule has 1 aliphatic heterocycles. The molecular formula is C12H24N2O2. The second-order valence-corrected chi connectivity index (χ2v) is 5.17. The summed E-state index contributed by atoms with van der Waals surface area (Å²) in [5.41, 5.74) is 5.91. The number of hydrogen-bond acceptors (Lipinski definition) is 3. The molecule has 3 atom stereocenters. The van der Waals surface area contributed by atoms with Crippen molar-refractivity contribution in [3.63, 3.8) is 0 Å². The molecule has 0 aliphatic carbocycles. The summed E-state index contributed by atoms with van der Waals surface area (Å²) in [4.78, 5) is 13.9. The standard InChI is InChI=1S/C12H24N2O2/c1-8(2)11(13)5-12(15)14-6-9(3)16-10(4)7-14/h8-11H,5-7,13H2,1-4H3/t9-,10+,11?. The number of hydrogen-bond donors (Lipinski definition) is 1. The van der Waals surface area contributed by atoms with Crippen molar-refractivity contribution in [2.75, 3.05) is 13.1 Å². The molecule has 4 nitrogen and oxygen atoms in total. The fourth-order valence-electron chi connectivity index (χ4n) is 1.95. The summed E-state index contributed by atoms with van der Waals surface area (Å²) in [5.74, 6) is 0.503. The van der Waals surface area contributed by atoms with Crippen LogP contribution in [0.3, 0.4) is 0 Å². The van der Waals surface area contributed by atoms with Crippen molar-refractivity contribution in [1.82, 2.24) is 4.90 Å². The van der Waals surface area contributed by atoms with Crippen molar-refractivity contribution >= 4 is 5.91 Å². The van der Waals surface area contributed by atoms with Gasteiger partial charge in [-0.25, -0.2) is 0 Å². The van der Waals surface area contributed by atoms with E-state index in [9.17, 15) is 4.79 Å². The molecule has 1 fully saturated rings. The molecule has 1 amide bonds. The van der Waals surface area contributed by atoms with Crippen LogP contribution in [0, 0.1) is 5.92 Å². The van der Waals surface area contributed by atoms with Gasteiger partial charge < -0.3 is 15.4 Å². The molecule has 0 saturated carbocycles. The van der Waals surface area contributed by atoms with E-state index in [0.29, 0.717) is 25.4 Å². The number of morpholine rings is 1. The molecule has 1 saturated heterocycles. The van der Waals surface area contributed by atoms with E-state index in [1.54, 1.807) is 0 Å². The maximum absolute atomic E-state index is 12.0. The number of ether oxygens (including phenoxy) is 1. The van der Waals surface area contributed by atoms with E-state index in [4.69, 9.17) is 10.5 Å². The van der Waals surface area contributed by atoms with E-state index in [1.807, 2.05) is 32.6 Å². The van der Waals surface area contributed by atoms with Gasteiger partial charge in [0.05, 0.1) is 12.2 Å². The molecule has 1 aliphatic rings. The molecule has 94 valence electrons. The zero-order valence-electron chi connectivity index (χ0n) is 10.8. The fourth-order valence-corrected chi connectivity index (χ4v) is 1.95. The zero-order chi connectivity index (χ0) is 12.3. The van der Waals surface area contributed by atoms with Crippen molar-refractivity contribution in [3.05, 3.63) is 0 Å². The Hall–Kier alpha value is -0.610. The van der Waals surface area contributed by atoms with Gasteiger partial charge in [0.1, 0.15) is 0 Å². The lowest BCUT2D eigenvalue weighted by Crippen LogP contribution is -2.49. The highest BCUT2D eigenvalue weighted by molar-refractivity contribution is 5.77. The van der Waals surface area contributed by atoms with Gasteiger partial charge in [0, 0.05) is 25.6 Å². The van der Waals surface area contributed by atoms with Gasteiger partial charge in [-0.05, 0) is 19.8 Å². The van der Waals surface area contributed by atoms with Gasteiger partial charge in [0.15, 0.2) is 0 Å². The van der Waals surface area contributed by atoms with Crippen molar-refractivity contribution in [1.29, 1.82) is 0 Å². The van der Waals surface area contributed by atoms with Crippen LogP contribution in [-0.4, -0.2) is 42.1 Å². The summed E-state index contributed by atoms with van der Waals surface area (Å²) in [6.07, 6.45) is 0.697. The minimum atomic E-state index is -0.0408. The van der Waals surface area contributed by atoms with Crippen molar-refractivity contribution in [3.8, 4) is 0 Å². The molecule has 1 heterocycles. The third-order valence-electron chi connectivity index (χ3n) is 3.04. The average molecular weight is 228 g/mol. The first-order chi connectivity index (χ1) is 7.40. The van der Waals surface area contributed by atoms with Crippen molar-refractivity contribution in [2.45, 2.75) is 52.4 Å². The normalized spacial score (nSPS) is 28.2. The van der Waals surface area contributed by atoms with E-state index < -0.39 is 0 Å². The number of carbonyl (C=O) groups is 1. The fraction of sp³-hybridized carbons (Fsp3) is 0.917. The Morgan fingerprint density at radius 1 is 1.38 bits per heavy atom. The lowest BCUT2D eigenvalue weighted by Gasteiger charge is -2.36. The molecule has 16 heavy (non-hydrogen) atoms. The highest BCUT2D eigenvalue weighted by Gasteiger charge is 2.27. The largest absolute Gasteiger partial charge is 0.372 e. The lowest BCUT2D eigenvalue weighted by molar-refractivity contribution is -0.143. The molecule has 1 unspecified atom stereocenters. The second-order valence-electron chi connectivity index (χ2n) is 5.17. The van der Waals surface area contributed by atoms with Crippen LogP contribution in [0.15, 0.2) is 0 Å². The minimum absolute atomic E-state index is 0.0408. The number of carbonyl (C=O) groups excluding carboxylic acids is 1. The summed E-state index contributed by atoms with van der Waals surface area (Å²) in [6.45, 7) is 9.46. The Morgan fingerprint density at radius 2 is 1.88 bits per heavy atom. The van der Waals surface area contributed by atoms with Crippen molar-refractivity contribution in [2.24, 2.45) is 11.7 Å². The Bertz CT molecular complexity index is 233. The smallest absolute Gasteiger partial charge is 0.224 e. The molecule has 2 N–H and O–H groups in total. The van der Waals surface area contributed by atoms with Crippen LogP contribution in [0.1, 0.15) is 34.1 Å². The predicted molar refractivity (Wildman–Crippen MR) is 64.0 cm³/mol. The topological polar surface area (TPSA) is 55.6 Å². The lowest BCUT2D eigenvalue weighted by atomic mass is 10.0. The van der Waals surface area contributed by atoms with Crippen LogP contribution in [-0.2, 0) is 9.53 Å². The molecule has 1 rings (SSSR count). The Morgan fingerprint density at radius 3 is 2.31 bits per heavy atom. The molecule has 0 aromatic heterocycles. The van der Waals surface area contributed by atoms with Crippen LogP contribution in [0.5, 0.6) is 0 Å².